The van der Waals surface area contributed by atoms with Crippen molar-refractivity contribution in [2.45, 2.75) is 37.1 Å². The zero-order valence-electron chi connectivity index (χ0n) is 8.98. The van der Waals surface area contributed by atoms with E-state index in [1.165, 1.54) is 0 Å². The van der Waals surface area contributed by atoms with Crippen molar-refractivity contribution in [1.29, 1.82) is 0 Å². The quantitative estimate of drug-likeness (QED) is 0.594. The molecule has 1 aromatic heterocycles. The molecule has 3 heterocycles. The third kappa shape index (κ3) is 1.70. The lowest BCUT2D eigenvalue weighted by molar-refractivity contribution is -0.208. The summed E-state index contributed by atoms with van der Waals surface area (Å²) in [5.41, 5.74) is -0.846. The summed E-state index contributed by atoms with van der Waals surface area (Å²) in [5, 5.41) is 30.5. The highest BCUT2D eigenvalue weighted by Gasteiger charge is 2.56. The van der Waals surface area contributed by atoms with Crippen LogP contribution < -0.4 is 5.32 Å². The number of aromatic nitrogens is 3. The van der Waals surface area contributed by atoms with E-state index in [1.54, 1.807) is 6.92 Å². The van der Waals surface area contributed by atoms with Gasteiger partial charge in [0.05, 0.1) is 6.61 Å². The zero-order chi connectivity index (χ0) is 12.0. The molecule has 0 unspecified atom stereocenters. The van der Waals surface area contributed by atoms with Crippen molar-refractivity contribution < 1.29 is 19.7 Å². The molecule has 2 saturated heterocycles. The normalized spacial score (nSPS) is 44.9. The van der Waals surface area contributed by atoms with Gasteiger partial charge in [0.15, 0.2) is 6.29 Å². The number of nitrogens with zero attached hydrogens (tertiary/aromatic N) is 3. The second-order valence-corrected chi connectivity index (χ2v) is 5.12. The first-order valence-electron chi connectivity index (χ1n) is 5.17. The summed E-state index contributed by atoms with van der Waals surface area (Å²) in [6.45, 7) is 1.96. The zero-order valence-corrected chi connectivity index (χ0v) is 9.79. The SMILES string of the molecule is C[C@@]12CO[C@@H](O1)[C@@H](Nc1nnns1)[C@@H](O)[C@H]2O. The van der Waals surface area contributed by atoms with Gasteiger partial charge in [-0.25, -0.2) is 0 Å². The number of anilines is 1. The van der Waals surface area contributed by atoms with E-state index in [0.29, 0.717) is 5.13 Å². The van der Waals surface area contributed by atoms with Gasteiger partial charge in [0, 0.05) is 11.5 Å². The molecule has 2 aliphatic rings. The maximum atomic E-state index is 10.0. The molecule has 0 radical (unpaired) electrons. The highest BCUT2D eigenvalue weighted by molar-refractivity contribution is 7.09. The molecule has 0 saturated carbocycles. The van der Waals surface area contributed by atoms with Crippen molar-refractivity contribution in [3.05, 3.63) is 0 Å². The third-order valence-corrected chi connectivity index (χ3v) is 3.65. The predicted molar refractivity (Wildman–Crippen MR) is 56.4 cm³/mol. The number of aliphatic hydroxyl groups is 2. The van der Waals surface area contributed by atoms with Gasteiger partial charge in [0.1, 0.15) is 23.9 Å². The van der Waals surface area contributed by atoms with Crippen molar-refractivity contribution in [2.24, 2.45) is 0 Å². The van der Waals surface area contributed by atoms with Gasteiger partial charge in [-0.3, -0.25) is 0 Å². The van der Waals surface area contributed by atoms with E-state index in [9.17, 15) is 10.2 Å². The van der Waals surface area contributed by atoms with Crippen LogP contribution in [-0.2, 0) is 9.47 Å². The van der Waals surface area contributed by atoms with E-state index in [1.807, 2.05) is 0 Å². The Kier molecular flexibility index (Phi) is 2.52. The first kappa shape index (κ1) is 11.2. The van der Waals surface area contributed by atoms with Gasteiger partial charge in [-0.05, 0) is 12.1 Å². The van der Waals surface area contributed by atoms with Crippen LogP contribution in [0.2, 0.25) is 0 Å². The monoisotopic (exact) mass is 260 g/mol. The van der Waals surface area contributed by atoms with Gasteiger partial charge in [-0.2, -0.15) is 0 Å². The van der Waals surface area contributed by atoms with Crippen LogP contribution in [0.4, 0.5) is 5.13 Å². The summed E-state index contributed by atoms with van der Waals surface area (Å²) in [4.78, 5) is 0. The van der Waals surface area contributed by atoms with Crippen molar-refractivity contribution >= 4 is 16.7 Å². The average molecular weight is 260 g/mol. The van der Waals surface area contributed by atoms with Gasteiger partial charge in [0.2, 0.25) is 5.13 Å². The molecule has 8 nitrogen and oxygen atoms in total. The lowest BCUT2D eigenvalue weighted by Crippen LogP contribution is -2.61. The number of hydrogen-bond donors (Lipinski definition) is 3. The second kappa shape index (κ2) is 3.82. The van der Waals surface area contributed by atoms with Crippen LogP contribution >= 0.6 is 11.5 Å². The topological polar surface area (TPSA) is 110 Å². The molecule has 1 aromatic rings. The van der Waals surface area contributed by atoms with E-state index in [2.05, 4.69) is 20.1 Å². The van der Waals surface area contributed by atoms with Gasteiger partial charge in [-0.15, -0.1) is 0 Å². The Morgan fingerprint density at radius 2 is 2.35 bits per heavy atom. The maximum Gasteiger partial charge on any atom is 0.225 e. The minimum atomic E-state index is -1.01. The largest absolute Gasteiger partial charge is 0.388 e. The minimum absolute atomic E-state index is 0.252. The van der Waals surface area contributed by atoms with Crippen molar-refractivity contribution in [2.75, 3.05) is 11.9 Å². The average Bonchev–Trinajstić information content (AvgIpc) is 2.91. The third-order valence-electron chi connectivity index (χ3n) is 3.12. The predicted octanol–water partition coefficient (Wildman–Crippen LogP) is -1.42. The van der Waals surface area contributed by atoms with Crippen LogP contribution in [0, 0.1) is 0 Å². The summed E-state index contributed by atoms with van der Waals surface area (Å²) >= 11 is 1.06. The lowest BCUT2D eigenvalue weighted by atomic mass is 9.89. The Morgan fingerprint density at radius 1 is 1.53 bits per heavy atom. The van der Waals surface area contributed by atoms with Crippen molar-refractivity contribution in [3.63, 3.8) is 0 Å². The molecule has 0 aromatic carbocycles. The molecule has 0 amide bonds. The van der Waals surface area contributed by atoms with E-state index in [4.69, 9.17) is 9.47 Å². The van der Waals surface area contributed by atoms with Crippen LogP contribution in [0.25, 0.3) is 0 Å². The van der Waals surface area contributed by atoms with Gasteiger partial charge >= 0.3 is 0 Å². The van der Waals surface area contributed by atoms with Crippen molar-refractivity contribution in [1.82, 2.24) is 14.8 Å². The Hall–Kier alpha value is -0.870. The molecule has 94 valence electrons. The van der Waals surface area contributed by atoms with Gasteiger partial charge in [0.25, 0.3) is 0 Å². The molecule has 2 aliphatic heterocycles. The summed E-state index contributed by atoms with van der Waals surface area (Å²) in [6, 6.07) is -0.588. The summed E-state index contributed by atoms with van der Waals surface area (Å²) in [5.74, 6) is 0. The Labute approximate surface area is 101 Å². The number of ether oxygens (including phenoxy) is 2. The summed E-state index contributed by atoms with van der Waals surface area (Å²) < 4.78 is 14.6. The second-order valence-electron chi connectivity index (χ2n) is 4.38. The highest BCUT2D eigenvalue weighted by atomic mass is 32.1. The molecular formula is C8H12N4O4S. The smallest absolute Gasteiger partial charge is 0.225 e. The first-order valence-corrected chi connectivity index (χ1v) is 5.95. The molecule has 3 rings (SSSR count). The molecule has 5 atom stereocenters. The van der Waals surface area contributed by atoms with Crippen LogP contribution in [-0.4, -0.2) is 61.8 Å². The molecule has 3 N–H and O–H groups in total. The van der Waals surface area contributed by atoms with E-state index < -0.39 is 30.1 Å². The van der Waals surface area contributed by atoms with Gasteiger partial charge < -0.3 is 25.0 Å². The molecule has 2 bridgehead atoms. The van der Waals surface area contributed by atoms with E-state index in [-0.39, 0.29) is 6.61 Å². The van der Waals surface area contributed by atoms with Gasteiger partial charge in [-0.1, -0.05) is 9.59 Å². The fraction of sp³-hybridized carbons (Fsp3) is 0.875. The number of hydrogen-bond acceptors (Lipinski definition) is 9. The number of fused-ring (bicyclic) bond motifs is 2. The Bertz CT molecular complexity index is 404. The van der Waals surface area contributed by atoms with Crippen LogP contribution in [0.15, 0.2) is 0 Å². The molecule has 17 heavy (non-hydrogen) atoms. The Balaban J connectivity index is 1.81. The maximum absolute atomic E-state index is 10.0. The number of aliphatic hydroxyl groups excluding tert-OH is 2. The van der Waals surface area contributed by atoms with Crippen LogP contribution in [0.1, 0.15) is 6.92 Å². The summed E-state index contributed by atoms with van der Waals surface area (Å²) in [7, 11) is 0. The molecule has 0 spiro atoms. The minimum Gasteiger partial charge on any atom is -0.388 e. The number of rotatable bonds is 2. The van der Waals surface area contributed by atoms with E-state index in [0.717, 1.165) is 11.5 Å². The lowest BCUT2D eigenvalue weighted by Gasteiger charge is -2.40. The molecular weight excluding hydrogens is 248 g/mol. The standard InChI is InChI=1S/C8H12N4O4S/c1-8-2-15-6(16-8)3(4(13)5(8)14)9-7-10-11-12-17-7/h3-6,13-14H,2H2,1H3,(H,9,10,12)/t3-,4+,5+,6-,8-/m0/s1. The molecule has 0 aliphatic carbocycles. The summed E-state index contributed by atoms with van der Waals surface area (Å²) in [6.07, 6.45) is -2.62. The fourth-order valence-electron chi connectivity index (χ4n) is 2.12. The highest BCUT2D eigenvalue weighted by Crippen LogP contribution is 2.37. The van der Waals surface area contributed by atoms with Crippen LogP contribution in [0.3, 0.4) is 0 Å². The van der Waals surface area contributed by atoms with E-state index >= 15 is 0 Å². The van der Waals surface area contributed by atoms with Crippen molar-refractivity contribution in [3.8, 4) is 0 Å². The van der Waals surface area contributed by atoms with Crippen LogP contribution in [0.5, 0.6) is 0 Å². The first-order chi connectivity index (χ1) is 8.10. The molecule has 9 heteroatoms. The fourth-order valence-corrected chi connectivity index (χ4v) is 2.53. The molecule has 2 fully saturated rings. The number of nitrogens with one attached hydrogen (secondary N) is 1. The Morgan fingerprint density at radius 3 is 3.06 bits per heavy atom.